The molecule has 0 saturated carbocycles. The quantitative estimate of drug-likeness (QED) is 0.101. The number of nitrogens with one attached hydrogen (secondary N) is 4. The van der Waals surface area contributed by atoms with E-state index in [9.17, 15) is 22.8 Å². The summed E-state index contributed by atoms with van der Waals surface area (Å²) in [7, 11) is -4.07. The van der Waals surface area contributed by atoms with Crippen molar-refractivity contribution < 1.29 is 27.9 Å². The van der Waals surface area contributed by atoms with E-state index in [-0.39, 0.29) is 23.5 Å². The monoisotopic (exact) mass is 680 g/mol. The van der Waals surface area contributed by atoms with Crippen molar-refractivity contribution in [1.82, 2.24) is 10.6 Å². The molecule has 3 amide bonds. The van der Waals surface area contributed by atoms with Crippen LogP contribution in [0.1, 0.15) is 77.7 Å². The van der Waals surface area contributed by atoms with Gasteiger partial charge < -0.3 is 21.1 Å². The van der Waals surface area contributed by atoms with Gasteiger partial charge in [0.15, 0.2) is 0 Å². The molecule has 0 spiro atoms. The maximum absolute atomic E-state index is 13.7. The molecule has 1 unspecified atom stereocenters. The Kier molecular flexibility index (Phi) is 11.5. The summed E-state index contributed by atoms with van der Waals surface area (Å²) in [6.45, 7) is 1.85. The molecule has 0 bridgehead atoms. The molecule has 254 valence electrons. The van der Waals surface area contributed by atoms with Crippen LogP contribution in [0.15, 0.2) is 108 Å². The van der Waals surface area contributed by atoms with Crippen LogP contribution in [0.4, 0.5) is 16.2 Å². The van der Waals surface area contributed by atoms with E-state index in [0.717, 1.165) is 30.4 Å². The van der Waals surface area contributed by atoms with Crippen LogP contribution in [0, 0.1) is 0 Å². The largest absolute Gasteiger partial charge is 0.481 e. The Bertz CT molecular complexity index is 1930. The summed E-state index contributed by atoms with van der Waals surface area (Å²) in [5.41, 5.74) is 5.31. The van der Waals surface area contributed by atoms with E-state index >= 15 is 0 Å². The number of para-hydroxylation sites is 1. The number of urea groups is 1. The minimum atomic E-state index is -4.07. The van der Waals surface area contributed by atoms with Crippen molar-refractivity contribution in [2.45, 2.75) is 56.4 Å². The molecule has 10 nitrogen and oxygen atoms in total. The van der Waals surface area contributed by atoms with E-state index in [1.54, 1.807) is 72.8 Å². The van der Waals surface area contributed by atoms with E-state index in [1.165, 1.54) is 12.0 Å². The smallest absolute Gasteiger partial charge is 0.320 e. The van der Waals surface area contributed by atoms with Gasteiger partial charge in [-0.05, 0) is 90.3 Å². The minimum absolute atomic E-state index is 0.000855. The van der Waals surface area contributed by atoms with Crippen molar-refractivity contribution in [2.75, 3.05) is 16.6 Å². The number of hydrogen-bond donors (Lipinski definition) is 5. The van der Waals surface area contributed by atoms with Gasteiger partial charge in [-0.3, -0.25) is 14.3 Å². The second-order valence-corrected chi connectivity index (χ2v) is 13.4. The van der Waals surface area contributed by atoms with Crippen LogP contribution >= 0.6 is 0 Å². The fourth-order valence-electron chi connectivity index (χ4n) is 5.84. The van der Waals surface area contributed by atoms with Gasteiger partial charge in [-0.2, -0.15) is 0 Å². The number of rotatable bonds is 13. The van der Waals surface area contributed by atoms with E-state index in [1.807, 2.05) is 31.2 Å². The van der Waals surface area contributed by atoms with Gasteiger partial charge in [0.25, 0.3) is 15.9 Å². The molecule has 49 heavy (non-hydrogen) atoms. The third-order valence-electron chi connectivity index (χ3n) is 8.33. The van der Waals surface area contributed by atoms with Gasteiger partial charge in [0.2, 0.25) is 0 Å². The molecule has 0 fully saturated rings. The molecule has 0 aromatic heterocycles. The van der Waals surface area contributed by atoms with Gasteiger partial charge >= 0.3 is 12.0 Å². The molecule has 1 aliphatic rings. The average molecular weight is 681 g/mol. The summed E-state index contributed by atoms with van der Waals surface area (Å²) in [5.74, 6) is -1.42. The van der Waals surface area contributed by atoms with E-state index in [2.05, 4.69) is 26.7 Å². The van der Waals surface area contributed by atoms with Crippen LogP contribution in [0.3, 0.4) is 0 Å². The highest BCUT2D eigenvalue weighted by molar-refractivity contribution is 7.93. The molecule has 0 radical (unpaired) electrons. The number of amides is 3. The van der Waals surface area contributed by atoms with Gasteiger partial charge in [0.1, 0.15) is 4.90 Å². The number of sulfonamides is 1. The van der Waals surface area contributed by atoms with Crippen LogP contribution in [-0.2, 0) is 21.2 Å². The van der Waals surface area contributed by atoms with Crippen molar-refractivity contribution >= 4 is 44.9 Å². The fraction of sp³-hybridized carbons (Fsp3) is 0.237. The molecule has 0 aliphatic heterocycles. The van der Waals surface area contributed by atoms with Gasteiger partial charge in [0.05, 0.1) is 18.2 Å². The Labute approximate surface area is 286 Å². The molecule has 0 saturated heterocycles. The number of allylic oxidation sites excluding steroid dienone is 2. The van der Waals surface area contributed by atoms with E-state index in [0.29, 0.717) is 28.8 Å². The summed E-state index contributed by atoms with van der Waals surface area (Å²) in [5, 5.41) is 17.3. The first-order valence-corrected chi connectivity index (χ1v) is 17.8. The molecule has 11 heteroatoms. The van der Waals surface area contributed by atoms with Gasteiger partial charge in [-0.1, -0.05) is 79.7 Å². The molecule has 4 aromatic rings. The molecule has 1 aliphatic carbocycles. The molecule has 4 aromatic carbocycles. The van der Waals surface area contributed by atoms with Gasteiger partial charge in [-0.15, -0.1) is 0 Å². The maximum Gasteiger partial charge on any atom is 0.320 e. The zero-order valence-electron chi connectivity index (χ0n) is 27.2. The number of anilines is 2. The van der Waals surface area contributed by atoms with Crippen molar-refractivity contribution in [3.8, 4) is 0 Å². The first-order chi connectivity index (χ1) is 23.6. The molecular formula is C38H40N4O6S. The summed E-state index contributed by atoms with van der Waals surface area (Å²) in [6, 6.07) is 26.9. The lowest BCUT2D eigenvalue weighted by Crippen LogP contribution is -2.34. The van der Waals surface area contributed by atoms with Crippen LogP contribution in [0.25, 0.3) is 5.57 Å². The number of aryl methyl sites for hydroxylation is 1. The number of benzene rings is 4. The first-order valence-electron chi connectivity index (χ1n) is 16.3. The van der Waals surface area contributed by atoms with E-state index < -0.39 is 34.0 Å². The highest BCUT2D eigenvalue weighted by Gasteiger charge is 2.25. The highest BCUT2D eigenvalue weighted by Crippen LogP contribution is 2.31. The lowest BCUT2D eigenvalue weighted by Gasteiger charge is -2.22. The zero-order chi connectivity index (χ0) is 34.8. The zero-order valence-corrected chi connectivity index (χ0v) is 28.1. The van der Waals surface area contributed by atoms with Crippen molar-refractivity contribution in [1.29, 1.82) is 0 Å². The SMILES string of the molecule is CCc1cccc(NC(=O)NC(c2ccc(C(=O)NCCC(=O)O)cc2)c2ccc(C3=CCCCC3)cc2)c1S(=O)(=O)Nc1ccccc1. The van der Waals surface area contributed by atoms with Crippen molar-refractivity contribution in [2.24, 2.45) is 0 Å². The molecule has 1 atom stereocenters. The predicted octanol–water partition coefficient (Wildman–Crippen LogP) is 7.12. The third kappa shape index (κ3) is 9.14. The highest BCUT2D eigenvalue weighted by atomic mass is 32.2. The standard InChI is InChI=1S/C38H40N4O6S/c1-2-26-12-9-15-33(36(26)49(47,48)42-32-13-7-4-8-14-32)40-38(46)41-35(29-18-16-28(17-19-29)27-10-5-3-6-11-27)30-20-22-31(23-21-30)37(45)39-25-24-34(43)44/h4,7-10,12-23,35,42H,2-3,5-6,11,24-25H2,1H3,(H,39,45)(H,43,44)(H2,40,41,46). The number of carboxylic acids is 1. The summed E-state index contributed by atoms with van der Waals surface area (Å²) in [4.78, 5) is 37.1. The predicted molar refractivity (Wildman–Crippen MR) is 191 cm³/mol. The maximum atomic E-state index is 13.7. The molecular weight excluding hydrogens is 641 g/mol. The first kappa shape index (κ1) is 34.9. The normalized spacial score (nSPS) is 13.4. The molecule has 0 heterocycles. The topological polar surface area (TPSA) is 154 Å². The number of carboxylic acid groups (broad SMARTS) is 1. The molecule has 5 rings (SSSR count). The van der Waals surface area contributed by atoms with E-state index in [4.69, 9.17) is 5.11 Å². The van der Waals surface area contributed by atoms with Gasteiger partial charge in [-0.25, -0.2) is 13.2 Å². The number of aliphatic carboxylic acids is 1. The molecule has 5 N–H and O–H groups in total. The van der Waals surface area contributed by atoms with Crippen molar-refractivity contribution in [3.63, 3.8) is 0 Å². The summed E-state index contributed by atoms with van der Waals surface area (Å²) in [6.07, 6.45) is 6.89. The summed E-state index contributed by atoms with van der Waals surface area (Å²) < 4.78 is 29.9. The fourth-order valence-corrected chi connectivity index (χ4v) is 7.36. The van der Waals surface area contributed by atoms with Crippen LogP contribution in [-0.4, -0.2) is 38.0 Å². The third-order valence-corrected chi connectivity index (χ3v) is 9.86. The minimum Gasteiger partial charge on any atom is -0.481 e. The van der Waals surface area contributed by atoms with Crippen molar-refractivity contribution in [3.05, 3.63) is 131 Å². The Hall–Kier alpha value is -5.42. The van der Waals surface area contributed by atoms with Crippen LogP contribution in [0.2, 0.25) is 0 Å². The Morgan fingerprint density at radius 2 is 1.53 bits per heavy atom. The number of carbonyl (C=O) groups excluding carboxylic acids is 2. The lowest BCUT2D eigenvalue weighted by molar-refractivity contribution is -0.136. The Morgan fingerprint density at radius 3 is 2.16 bits per heavy atom. The Balaban J connectivity index is 1.42. The average Bonchev–Trinajstić information content (AvgIpc) is 3.11. The number of hydrogen-bond acceptors (Lipinski definition) is 5. The second kappa shape index (κ2) is 16.1. The van der Waals surface area contributed by atoms with Gasteiger partial charge in [0, 0.05) is 17.8 Å². The summed E-state index contributed by atoms with van der Waals surface area (Å²) >= 11 is 0. The second-order valence-electron chi connectivity index (χ2n) is 11.8. The number of carbonyl (C=O) groups is 3. The lowest BCUT2D eigenvalue weighted by atomic mass is 9.91. The Morgan fingerprint density at radius 1 is 0.837 bits per heavy atom. The van der Waals surface area contributed by atoms with Crippen LogP contribution < -0.4 is 20.7 Å². The van der Waals surface area contributed by atoms with Crippen LogP contribution in [0.5, 0.6) is 0 Å².